The quantitative estimate of drug-likeness (QED) is 0.583. The zero-order valence-electron chi connectivity index (χ0n) is 12.8. The second kappa shape index (κ2) is 7.78. The van der Waals surface area contributed by atoms with E-state index < -0.39 is 0 Å². The summed E-state index contributed by atoms with van der Waals surface area (Å²) in [4.78, 5) is 0. The highest BCUT2D eigenvalue weighted by Crippen LogP contribution is 2.32. The van der Waals surface area contributed by atoms with E-state index in [0.29, 0.717) is 18.1 Å². The van der Waals surface area contributed by atoms with Crippen LogP contribution in [-0.2, 0) is 4.74 Å². The molecule has 0 aromatic heterocycles. The van der Waals surface area contributed by atoms with Crippen molar-refractivity contribution < 1.29 is 4.74 Å². The predicted octanol–water partition coefficient (Wildman–Crippen LogP) is 5.27. The summed E-state index contributed by atoms with van der Waals surface area (Å²) in [5, 5.41) is 0. The van der Waals surface area contributed by atoms with Crippen LogP contribution in [0.1, 0.15) is 66.7 Å². The fourth-order valence-corrected chi connectivity index (χ4v) is 2.77. The molecule has 0 spiro atoms. The van der Waals surface area contributed by atoms with E-state index in [4.69, 9.17) is 4.74 Å². The highest BCUT2D eigenvalue weighted by molar-refractivity contribution is 5.06. The van der Waals surface area contributed by atoms with Crippen LogP contribution >= 0.6 is 0 Å². The fraction of sp³-hybridized carbons (Fsp3) is 0.765. The molecule has 3 unspecified atom stereocenters. The second-order valence-electron chi connectivity index (χ2n) is 5.84. The van der Waals surface area contributed by atoms with E-state index in [1.807, 2.05) is 0 Å². The molecule has 18 heavy (non-hydrogen) atoms. The first-order chi connectivity index (χ1) is 8.56. The normalized spacial score (nSPS) is 29.9. The van der Waals surface area contributed by atoms with Crippen LogP contribution in [0.3, 0.4) is 0 Å². The molecule has 0 aliphatic carbocycles. The van der Waals surface area contributed by atoms with Crippen molar-refractivity contribution in [1.29, 1.82) is 0 Å². The van der Waals surface area contributed by atoms with Gasteiger partial charge < -0.3 is 4.74 Å². The number of rotatable bonds is 6. The maximum absolute atomic E-state index is 6.06. The maximum atomic E-state index is 6.06. The van der Waals surface area contributed by atoms with Gasteiger partial charge in [0.25, 0.3) is 0 Å². The lowest BCUT2D eigenvalue weighted by Crippen LogP contribution is -2.14. The Hall–Kier alpha value is -0.560. The Morgan fingerprint density at radius 1 is 1.22 bits per heavy atom. The van der Waals surface area contributed by atoms with Crippen LogP contribution in [0, 0.1) is 5.92 Å². The van der Waals surface area contributed by atoms with Crippen molar-refractivity contribution >= 4 is 0 Å². The smallest absolute Gasteiger partial charge is 0.0791 e. The third-order valence-electron chi connectivity index (χ3n) is 3.98. The summed E-state index contributed by atoms with van der Waals surface area (Å²) < 4.78 is 6.06. The average molecular weight is 250 g/mol. The molecule has 1 heteroatoms. The zero-order chi connectivity index (χ0) is 13.5. The Balaban J connectivity index is 2.56. The molecule has 0 N–H and O–H groups in total. The van der Waals surface area contributed by atoms with Gasteiger partial charge in [-0.25, -0.2) is 0 Å². The van der Waals surface area contributed by atoms with Crippen molar-refractivity contribution in [3.63, 3.8) is 0 Å². The predicted molar refractivity (Wildman–Crippen MR) is 79.8 cm³/mol. The lowest BCUT2D eigenvalue weighted by atomic mass is 9.91. The Morgan fingerprint density at radius 3 is 2.56 bits per heavy atom. The third-order valence-corrected chi connectivity index (χ3v) is 3.98. The molecule has 1 nitrogen and oxygen atoms in total. The van der Waals surface area contributed by atoms with Gasteiger partial charge in [0.1, 0.15) is 0 Å². The molecule has 1 saturated heterocycles. The number of allylic oxidation sites excluding steroid dienone is 3. The molecular formula is C17H30O. The van der Waals surface area contributed by atoms with Crippen LogP contribution in [0.15, 0.2) is 23.3 Å². The summed E-state index contributed by atoms with van der Waals surface area (Å²) in [6, 6.07) is 0. The molecule has 0 amide bonds. The van der Waals surface area contributed by atoms with Crippen molar-refractivity contribution in [3.8, 4) is 0 Å². The SMILES string of the molecule is C/C=C(\C)CCC1CC(C)OC1/C=C(\C)CCC. The van der Waals surface area contributed by atoms with Crippen LogP contribution in [0.2, 0.25) is 0 Å². The Bertz CT molecular complexity index is 301. The third kappa shape index (κ3) is 4.97. The minimum Gasteiger partial charge on any atom is -0.371 e. The van der Waals surface area contributed by atoms with Gasteiger partial charge in [-0.2, -0.15) is 0 Å². The first-order valence-corrected chi connectivity index (χ1v) is 7.51. The summed E-state index contributed by atoms with van der Waals surface area (Å²) >= 11 is 0. The standard InChI is InChI=1S/C17H30O/c1-6-8-14(4)11-17-16(12-15(5)18-17)10-9-13(3)7-2/h7,11,15-17H,6,8-10,12H2,1-5H3/b13-7+,14-11+. The summed E-state index contributed by atoms with van der Waals surface area (Å²) in [7, 11) is 0. The average Bonchev–Trinajstić information content (AvgIpc) is 2.66. The van der Waals surface area contributed by atoms with Gasteiger partial charge in [-0.05, 0) is 59.3 Å². The molecule has 0 aromatic rings. The monoisotopic (exact) mass is 250 g/mol. The van der Waals surface area contributed by atoms with Crippen molar-refractivity contribution in [2.45, 2.75) is 78.9 Å². The maximum Gasteiger partial charge on any atom is 0.0791 e. The molecular weight excluding hydrogens is 220 g/mol. The summed E-state index contributed by atoms with van der Waals surface area (Å²) in [6.45, 7) is 11.0. The lowest BCUT2D eigenvalue weighted by molar-refractivity contribution is 0.0722. The van der Waals surface area contributed by atoms with E-state index >= 15 is 0 Å². The molecule has 0 radical (unpaired) electrons. The second-order valence-corrected chi connectivity index (χ2v) is 5.84. The summed E-state index contributed by atoms with van der Waals surface area (Å²) in [5.74, 6) is 0.710. The molecule has 0 bridgehead atoms. The molecule has 1 heterocycles. The van der Waals surface area contributed by atoms with Crippen LogP contribution in [0.4, 0.5) is 0 Å². The van der Waals surface area contributed by atoms with Crippen LogP contribution in [0.5, 0.6) is 0 Å². The van der Waals surface area contributed by atoms with Crippen molar-refractivity contribution in [2.75, 3.05) is 0 Å². The van der Waals surface area contributed by atoms with Gasteiger partial charge in [-0.3, -0.25) is 0 Å². The Labute approximate surface area is 113 Å². The van der Waals surface area contributed by atoms with Gasteiger partial charge >= 0.3 is 0 Å². The van der Waals surface area contributed by atoms with Gasteiger partial charge in [0, 0.05) is 0 Å². The molecule has 1 rings (SSSR count). The van der Waals surface area contributed by atoms with Crippen LogP contribution < -0.4 is 0 Å². The highest BCUT2D eigenvalue weighted by Gasteiger charge is 2.30. The summed E-state index contributed by atoms with van der Waals surface area (Å²) in [5.41, 5.74) is 2.99. The Morgan fingerprint density at radius 2 is 1.94 bits per heavy atom. The molecule has 1 aliphatic rings. The highest BCUT2D eigenvalue weighted by atomic mass is 16.5. The molecule has 1 aliphatic heterocycles. The largest absolute Gasteiger partial charge is 0.371 e. The molecule has 1 fully saturated rings. The van der Waals surface area contributed by atoms with Crippen LogP contribution in [-0.4, -0.2) is 12.2 Å². The molecule has 0 saturated carbocycles. The summed E-state index contributed by atoms with van der Waals surface area (Å²) in [6.07, 6.45) is 11.5. The number of ether oxygens (including phenoxy) is 1. The first kappa shape index (κ1) is 15.5. The topological polar surface area (TPSA) is 9.23 Å². The number of hydrogen-bond donors (Lipinski definition) is 0. The molecule has 104 valence electrons. The molecule has 0 aromatic carbocycles. The van der Waals surface area contributed by atoms with E-state index in [0.717, 1.165) is 0 Å². The number of hydrogen-bond acceptors (Lipinski definition) is 1. The van der Waals surface area contributed by atoms with E-state index in [-0.39, 0.29) is 0 Å². The van der Waals surface area contributed by atoms with Crippen molar-refractivity contribution in [3.05, 3.63) is 23.3 Å². The van der Waals surface area contributed by atoms with Gasteiger partial charge in [0.2, 0.25) is 0 Å². The minimum atomic E-state index is 0.358. The van der Waals surface area contributed by atoms with Gasteiger partial charge in [0.05, 0.1) is 12.2 Å². The molecule has 3 atom stereocenters. The van der Waals surface area contributed by atoms with Gasteiger partial charge in [-0.1, -0.05) is 36.6 Å². The van der Waals surface area contributed by atoms with E-state index in [9.17, 15) is 0 Å². The van der Waals surface area contributed by atoms with E-state index in [1.54, 1.807) is 0 Å². The minimum absolute atomic E-state index is 0.358. The van der Waals surface area contributed by atoms with Gasteiger partial charge in [-0.15, -0.1) is 0 Å². The first-order valence-electron chi connectivity index (χ1n) is 7.51. The van der Waals surface area contributed by atoms with Gasteiger partial charge in [0.15, 0.2) is 0 Å². The van der Waals surface area contributed by atoms with Crippen molar-refractivity contribution in [1.82, 2.24) is 0 Å². The van der Waals surface area contributed by atoms with Crippen molar-refractivity contribution in [2.24, 2.45) is 5.92 Å². The van der Waals surface area contributed by atoms with E-state index in [1.165, 1.54) is 43.3 Å². The fourth-order valence-electron chi connectivity index (χ4n) is 2.77. The zero-order valence-corrected chi connectivity index (χ0v) is 12.8. The lowest BCUT2D eigenvalue weighted by Gasteiger charge is -2.16. The van der Waals surface area contributed by atoms with E-state index in [2.05, 4.69) is 46.8 Å². The Kier molecular flexibility index (Phi) is 6.70. The van der Waals surface area contributed by atoms with Crippen LogP contribution in [0.25, 0.3) is 0 Å².